The number of carboxylic acids is 3. The quantitative estimate of drug-likeness (QED) is 0.525. The van der Waals surface area contributed by atoms with E-state index in [4.69, 9.17) is 20.1 Å². The van der Waals surface area contributed by atoms with E-state index in [9.17, 15) is 19.2 Å². The predicted octanol–water partition coefficient (Wildman–Crippen LogP) is 1.77. The molecule has 10 nitrogen and oxygen atoms in total. The van der Waals surface area contributed by atoms with Gasteiger partial charge in [-0.3, -0.25) is 19.7 Å². The number of nitrogens with one attached hydrogen (secondary N) is 1. The van der Waals surface area contributed by atoms with Crippen LogP contribution < -0.4 is 5.32 Å². The topological polar surface area (TPSA) is 163 Å². The van der Waals surface area contributed by atoms with Gasteiger partial charge in [-0.15, -0.1) is 0 Å². The van der Waals surface area contributed by atoms with Crippen molar-refractivity contribution in [1.29, 1.82) is 0 Å². The predicted molar refractivity (Wildman–Crippen MR) is 87.8 cm³/mol. The van der Waals surface area contributed by atoms with Crippen LogP contribution in [0, 0.1) is 5.92 Å². The molecule has 26 heavy (non-hydrogen) atoms. The summed E-state index contributed by atoms with van der Waals surface area (Å²) >= 11 is 0. The first-order valence-corrected chi connectivity index (χ1v) is 7.54. The maximum Gasteiger partial charge on any atom is 0.413 e. The van der Waals surface area contributed by atoms with Crippen LogP contribution in [-0.4, -0.2) is 49.9 Å². The van der Waals surface area contributed by atoms with E-state index >= 15 is 0 Å². The molecule has 10 heteroatoms. The van der Waals surface area contributed by atoms with Crippen LogP contribution in [0.3, 0.4) is 0 Å². The van der Waals surface area contributed by atoms with Gasteiger partial charge in [-0.1, -0.05) is 6.07 Å². The van der Waals surface area contributed by atoms with Crippen LogP contribution in [0.5, 0.6) is 0 Å². The second-order valence-corrected chi connectivity index (χ2v) is 6.46. The highest BCUT2D eigenvalue weighted by atomic mass is 16.6. The maximum atomic E-state index is 11.7. The molecule has 1 aromatic rings. The van der Waals surface area contributed by atoms with Crippen molar-refractivity contribution in [2.75, 3.05) is 5.32 Å². The van der Waals surface area contributed by atoms with Gasteiger partial charge in [-0.2, -0.15) is 0 Å². The van der Waals surface area contributed by atoms with Crippen molar-refractivity contribution in [2.45, 2.75) is 38.7 Å². The molecule has 1 amide bonds. The van der Waals surface area contributed by atoms with Gasteiger partial charge in [0, 0.05) is 12.1 Å². The number of anilines is 1. The minimum Gasteiger partial charge on any atom is -0.481 e. The molecule has 0 spiro atoms. The molecular formula is C16H20N2O8. The minimum atomic E-state index is -1.95. The van der Waals surface area contributed by atoms with Crippen molar-refractivity contribution in [3.05, 3.63) is 23.9 Å². The Hall–Kier alpha value is -3.17. The number of carboxylic acid groups (broad SMARTS) is 3. The molecular weight excluding hydrogens is 348 g/mol. The summed E-state index contributed by atoms with van der Waals surface area (Å²) < 4.78 is 5.05. The first kappa shape index (κ1) is 20.9. The molecule has 1 rings (SSSR count). The van der Waals surface area contributed by atoms with Gasteiger partial charge in [0.15, 0.2) is 5.92 Å². The number of carbonyl (C=O) groups excluding carboxylic acids is 1. The Labute approximate surface area is 148 Å². The number of carbonyl (C=O) groups is 4. The number of ether oxygens (including phenoxy) is 1. The molecule has 0 aromatic carbocycles. The summed E-state index contributed by atoms with van der Waals surface area (Å²) in [4.78, 5) is 49.0. The van der Waals surface area contributed by atoms with E-state index in [0.29, 0.717) is 0 Å². The highest BCUT2D eigenvalue weighted by Gasteiger charge is 2.37. The molecule has 0 aliphatic rings. The van der Waals surface area contributed by atoms with Gasteiger partial charge < -0.3 is 20.1 Å². The van der Waals surface area contributed by atoms with E-state index in [-0.39, 0.29) is 11.4 Å². The third-order valence-corrected chi connectivity index (χ3v) is 3.17. The van der Waals surface area contributed by atoms with E-state index in [1.54, 1.807) is 20.8 Å². The average molecular weight is 368 g/mol. The van der Waals surface area contributed by atoms with Crippen molar-refractivity contribution in [1.82, 2.24) is 4.98 Å². The molecule has 1 atom stereocenters. The lowest BCUT2D eigenvalue weighted by Gasteiger charge is -2.20. The second-order valence-electron chi connectivity index (χ2n) is 6.46. The van der Waals surface area contributed by atoms with Gasteiger partial charge >= 0.3 is 24.0 Å². The van der Waals surface area contributed by atoms with Gasteiger partial charge in [-0.25, -0.2) is 9.78 Å². The normalized spacial score (nSPS) is 12.3. The van der Waals surface area contributed by atoms with Gasteiger partial charge in [0.1, 0.15) is 11.4 Å². The zero-order chi connectivity index (χ0) is 20.1. The maximum absolute atomic E-state index is 11.7. The van der Waals surface area contributed by atoms with Crippen LogP contribution in [0.25, 0.3) is 0 Å². The SMILES string of the molecule is CC(C)(C)OC(=O)Nc1ccc(C(CC(=O)O)C(C(=O)O)C(=O)O)cn1. The number of hydrogen-bond donors (Lipinski definition) is 4. The minimum absolute atomic E-state index is 0.0827. The lowest BCUT2D eigenvalue weighted by Crippen LogP contribution is -2.31. The first-order chi connectivity index (χ1) is 11.9. The average Bonchev–Trinajstić information content (AvgIpc) is 2.44. The number of amides is 1. The van der Waals surface area contributed by atoms with Gasteiger partial charge in [-0.05, 0) is 32.4 Å². The van der Waals surface area contributed by atoms with Crippen LogP contribution in [0.4, 0.5) is 10.6 Å². The zero-order valence-electron chi connectivity index (χ0n) is 14.4. The molecule has 0 saturated heterocycles. The number of pyridine rings is 1. The number of nitrogens with zero attached hydrogens (tertiary/aromatic N) is 1. The molecule has 1 heterocycles. The van der Waals surface area contributed by atoms with E-state index in [1.807, 2.05) is 0 Å². The van der Waals surface area contributed by atoms with Crippen LogP contribution in [0.15, 0.2) is 18.3 Å². The smallest absolute Gasteiger partial charge is 0.413 e. The fourth-order valence-electron chi connectivity index (χ4n) is 2.17. The molecule has 0 aliphatic heterocycles. The Kier molecular flexibility index (Phi) is 6.64. The van der Waals surface area contributed by atoms with Crippen LogP contribution in [0.2, 0.25) is 0 Å². The third kappa shape index (κ3) is 6.38. The Morgan fingerprint density at radius 3 is 2.08 bits per heavy atom. The van der Waals surface area contributed by atoms with E-state index in [2.05, 4.69) is 10.3 Å². The Bertz CT molecular complexity index is 679. The van der Waals surface area contributed by atoms with Crippen LogP contribution >= 0.6 is 0 Å². The summed E-state index contributed by atoms with van der Waals surface area (Å²) in [7, 11) is 0. The summed E-state index contributed by atoms with van der Waals surface area (Å²) in [5.41, 5.74) is -0.607. The highest BCUT2D eigenvalue weighted by Crippen LogP contribution is 2.29. The number of rotatable bonds is 7. The highest BCUT2D eigenvalue weighted by molar-refractivity contribution is 5.94. The molecule has 1 aromatic heterocycles. The molecule has 0 bridgehead atoms. The van der Waals surface area contributed by atoms with Crippen molar-refractivity contribution in [2.24, 2.45) is 5.92 Å². The van der Waals surface area contributed by atoms with Gasteiger partial charge in [0.2, 0.25) is 0 Å². The third-order valence-electron chi connectivity index (χ3n) is 3.17. The summed E-state index contributed by atoms with van der Waals surface area (Å²) in [6, 6.07) is 2.61. The standard InChI is InChI=1S/C16H20N2O8/c1-16(2,3)26-15(25)18-10-5-4-8(7-17-10)9(6-11(19)20)12(13(21)22)14(23)24/h4-5,7,9,12H,6H2,1-3H3,(H,19,20)(H,21,22)(H,23,24)(H,17,18,25). The van der Waals surface area contributed by atoms with Crippen molar-refractivity contribution < 1.29 is 39.2 Å². The van der Waals surface area contributed by atoms with Crippen molar-refractivity contribution in [3.63, 3.8) is 0 Å². The monoisotopic (exact) mass is 368 g/mol. The van der Waals surface area contributed by atoms with Crippen LogP contribution in [0.1, 0.15) is 38.7 Å². The first-order valence-electron chi connectivity index (χ1n) is 7.54. The fourth-order valence-corrected chi connectivity index (χ4v) is 2.17. The molecule has 0 fully saturated rings. The van der Waals surface area contributed by atoms with Gasteiger partial charge in [0.25, 0.3) is 0 Å². The van der Waals surface area contributed by atoms with Gasteiger partial charge in [0.05, 0.1) is 6.42 Å². The molecule has 0 saturated carbocycles. The summed E-state index contributed by atoms with van der Waals surface area (Å²) in [6.45, 7) is 5.03. The Morgan fingerprint density at radius 1 is 1.12 bits per heavy atom. The summed E-state index contributed by atoms with van der Waals surface area (Å²) in [5.74, 6) is -7.85. The van der Waals surface area contributed by atoms with Crippen molar-refractivity contribution >= 4 is 29.8 Å². The van der Waals surface area contributed by atoms with E-state index in [1.165, 1.54) is 12.1 Å². The molecule has 0 aliphatic carbocycles. The molecule has 1 unspecified atom stereocenters. The summed E-state index contributed by atoms with van der Waals surface area (Å²) in [5, 5.41) is 29.5. The Balaban J connectivity index is 3.03. The lowest BCUT2D eigenvalue weighted by molar-refractivity contribution is -0.156. The number of aliphatic carboxylic acids is 3. The van der Waals surface area contributed by atoms with Crippen molar-refractivity contribution in [3.8, 4) is 0 Å². The molecule has 4 N–H and O–H groups in total. The summed E-state index contributed by atoms with van der Waals surface area (Å²) in [6.07, 6.45) is -0.336. The lowest BCUT2D eigenvalue weighted by atomic mass is 9.84. The molecule has 0 radical (unpaired) electrons. The second kappa shape index (κ2) is 8.28. The largest absolute Gasteiger partial charge is 0.481 e. The molecule has 142 valence electrons. The number of hydrogen-bond acceptors (Lipinski definition) is 6. The van der Waals surface area contributed by atoms with E-state index < -0.39 is 47.9 Å². The fraction of sp³-hybridized carbons (Fsp3) is 0.438. The number of aromatic nitrogens is 1. The zero-order valence-corrected chi connectivity index (χ0v) is 14.4. The van der Waals surface area contributed by atoms with Crippen LogP contribution in [-0.2, 0) is 19.1 Å². The van der Waals surface area contributed by atoms with E-state index in [0.717, 1.165) is 6.20 Å². The Morgan fingerprint density at radius 2 is 1.69 bits per heavy atom.